The molecular weight excluding hydrogens is 248 g/mol. The molecule has 3 atom stereocenters. The second-order valence-corrected chi connectivity index (χ2v) is 5.88. The molecular formula is C13H22N2O4. The summed E-state index contributed by atoms with van der Waals surface area (Å²) in [6.07, 6.45) is 1.69. The van der Waals surface area contributed by atoms with Crippen molar-refractivity contribution in [3.8, 4) is 0 Å². The van der Waals surface area contributed by atoms with Crippen molar-refractivity contribution < 1.29 is 19.4 Å². The standard InChI is InChI=1S/C13H22N2O4/c1-13(8-19-7-10(13)14)12(18)15-5-4-9(6-15)2-3-11(16)17/h9-10H,2-8,14H2,1H3,(H,16,17). The van der Waals surface area contributed by atoms with E-state index in [1.807, 2.05) is 11.8 Å². The fourth-order valence-electron chi connectivity index (χ4n) is 2.85. The lowest BCUT2D eigenvalue weighted by Crippen LogP contribution is -2.50. The molecule has 108 valence electrons. The number of aliphatic carboxylic acids is 1. The zero-order valence-corrected chi connectivity index (χ0v) is 11.3. The highest BCUT2D eigenvalue weighted by Gasteiger charge is 2.47. The summed E-state index contributed by atoms with van der Waals surface area (Å²) in [5, 5.41) is 8.68. The van der Waals surface area contributed by atoms with Crippen molar-refractivity contribution in [2.45, 2.75) is 32.2 Å². The number of nitrogens with two attached hydrogens (primary N) is 1. The van der Waals surface area contributed by atoms with Crippen molar-refractivity contribution in [2.75, 3.05) is 26.3 Å². The van der Waals surface area contributed by atoms with Gasteiger partial charge in [-0.05, 0) is 25.7 Å². The normalized spacial score (nSPS) is 34.7. The topological polar surface area (TPSA) is 92.9 Å². The van der Waals surface area contributed by atoms with Gasteiger partial charge >= 0.3 is 5.97 Å². The fraction of sp³-hybridized carbons (Fsp3) is 0.846. The van der Waals surface area contributed by atoms with Crippen LogP contribution in [0.2, 0.25) is 0 Å². The van der Waals surface area contributed by atoms with Crippen molar-refractivity contribution in [1.29, 1.82) is 0 Å². The number of likely N-dealkylation sites (tertiary alicyclic amines) is 1. The predicted octanol–water partition coefficient (Wildman–Crippen LogP) is 0.0635. The molecule has 0 bridgehead atoms. The first-order chi connectivity index (χ1) is 8.93. The van der Waals surface area contributed by atoms with E-state index in [0.29, 0.717) is 38.6 Å². The molecule has 3 unspecified atom stereocenters. The molecule has 6 heteroatoms. The zero-order chi connectivity index (χ0) is 14.0. The third-order valence-corrected chi connectivity index (χ3v) is 4.35. The summed E-state index contributed by atoms with van der Waals surface area (Å²) in [5.41, 5.74) is 5.34. The Bertz CT molecular complexity index is 374. The maximum absolute atomic E-state index is 12.5. The minimum Gasteiger partial charge on any atom is -0.481 e. The molecule has 0 spiro atoms. The second-order valence-electron chi connectivity index (χ2n) is 5.88. The van der Waals surface area contributed by atoms with Gasteiger partial charge in [0.2, 0.25) is 5.91 Å². The summed E-state index contributed by atoms with van der Waals surface area (Å²) in [6.45, 7) is 4.01. The number of carbonyl (C=O) groups is 2. The van der Waals surface area contributed by atoms with E-state index in [4.69, 9.17) is 15.6 Å². The molecule has 2 heterocycles. The van der Waals surface area contributed by atoms with E-state index in [2.05, 4.69) is 0 Å². The van der Waals surface area contributed by atoms with Gasteiger partial charge in [-0.2, -0.15) is 0 Å². The molecule has 19 heavy (non-hydrogen) atoms. The fourth-order valence-corrected chi connectivity index (χ4v) is 2.85. The van der Waals surface area contributed by atoms with Crippen LogP contribution in [0, 0.1) is 11.3 Å². The molecule has 2 fully saturated rings. The van der Waals surface area contributed by atoms with E-state index in [9.17, 15) is 9.59 Å². The third kappa shape index (κ3) is 2.90. The largest absolute Gasteiger partial charge is 0.481 e. The lowest BCUT2D eigenvalue weighted by Gasteiger charge is -2.30. The van der Waals surface area contributed by atoms with Gasteiger partial charge in [-0.15, -0.1) is 0 Å². The molecule has 0 aliphatic carbocycles. The molecule has 0 aromatic heterocycles. The predicted molar refractivity (Wildman–Crippen MR) is 68.5 cm³/mol. The average molecular weight is 270 g/mol. The zero-order valence-electron chi connectivity index (χ0n) is 11.3. The van der Waals surface area contributed by atoms with Crippen LogP contribution in [-0.2, 0) is 14.3 Å². The second kappa shape index (κ2) is 5.46. The van der Waals surface area contributed by atoms with Gasteiger partial charge in [0.15, 0.2) is 0 Å². The minimum atomic E-state index is -0.775. The summed E-state index contributed by atoms with van der Waals surface area (Å²) in [4.78, 5) is 24.9. The first-order valence-corrected chi connectivity index (χ1v) is 6.78. The number of carboxylic acid groups (broad SMARTS) is 1. The van der Waals surface area contributed by atoms with Crippen molar-refractivity contribution >= 4 is 11.9 Å². The maximum Gasteiger partial charge on any atom is 0.303 e. The Morgan fingerprint density at radius 3 is 2.84 bits per heavy atom. The summed E-state index contributed by atoms with van der Waals surface area (Å²) < 4.78 is 5.31. The summed E-state index contributed by atoms with van der Waals surface area (Å²) in [5.74, 6) is -0.430. The lowest BCUT2D eigenvalue weighted by atomic mass is 9.84. The Kier molecular flexibility index (Phi) is 4.10. The molecule has 2 saturated heterocycles. The van der Waals surface area contributed by atoms with Gasteiger partial charge in [0.05, 0.1) is 18.6 Å². The molecule has 0 saturated carbocycles. The number of hydrogen-bond acceptors (Lipinski definition) is 4. The van der Waals surface area contributed by atoms with Crippen LogP contribution in [0.3, 0.4) is 0 Å². The van der Waals surface area contributed by atoms with E-state index in [1.165, 1.54) is 0 Å². The van der Waals surface area contributed by atoms with E-state index in [-0.39, 0.29) is 18.4 Å². The number of ether oxygens (including phenoxy) is 1. The number of carboxylic acids is 1. The smallest absolute Gasteiger partial charge is 0.303 e. The highest BCUT2D eigenvalue weighted by atomic mass is 16.5. The molecule has 2 rings (SSSR count). The van der Waals surface area contributed by atoms with Crippen molar-refractivity contribution in [3.05, 3.63) is 0 Å². The van der Waals surface area contributed by atoms with Crippen LogP contribution in [0.5, 0.6) is 0 Å². The highest BCUT2D eigenvalue weighted by molar-refractivity contribution is 5.84. The van der Waals surface area contributed by atoms with E-state index in [0.717, 1.165) is 6.42 Å². The number of carbonyl (C=O) groups excluding carboxylic acids is 1. The highest BCUT2D eigenvalue weighted by Crippen LogP contribution is 2.32. The number of rotatable bonds is 4. The molecule has 2 aliphatic heterocycles. The quantitative estimate of drug-likeness (QED) is 0.753. The van der Waals surface area contributed by atoms with Gasteiger partial charge in [0.25, 0.3) is 0 Å². The molecule has 2 aliphatic rings. The van der Waals surface area contributed by atoms with Crippen LogP contribution < -0.4 is 5.73 Å². The molecule has 0 aromatic rings. The molecule has 0 radical (unpaired) electrons. The minimum absolute atomic E-state index is 0.0512. The van der Waals surface area contributed by atoms with Crippen LogP contribution in [0.4, 0.5) is 0 Å². The van der Waals surface area contributed by atoms with Gasteiger partial charge in [-0.1, -0.05) is 0 Å². The number of amides is 1. The third-order valence-electron chi connectivity index (χ3n) is 4.35. The maximum atomic E-state index is 12.5. The molecule has 1 amide bonds. The van der Waals surface area contributed by atoms with Crippen LogP contribution in [0.15, 0.2) is 0 Å². The first-order valence-electron chi connectivity index (χ1n) is 6.78. The molecule has 0 aromatic carbocycles. The van der Waals surface area contributed by atoms with Gasteiger partial charge in [0.1, 0.15) is 0 Å². The Labute approximate surface area is 112 Å². The number of nitrogens with zero attached hydrogens (tertiary/aromatic N) is 1. The van der Waals surface area contributed by atoms with Crippen LogP contribution in [0.1, 0.15) is 26.2 Å². The monoisotopic (exact) mass is 270 g/mol. The lowest BCUT2D eigenvalue weighted by molar-refractivity contribution is -0.140. The Hall–Kier alpha value is -1.14. The van der Waals surface area contributed by atoms with Crippen molar-refractivity contribution in [2.24, 2.45) is 17.1 Å². The van der Waals surface area contributed by atoms with Crippen LogP contribution >= 0.6 is 0 Å². The summed E-state index contributed by atoms with van der Waals surface area (Å²) in [7, 11) is 0. The van der Waals surface area contributed by atoms with Gasteiger partial charge < -0.3 is 20.5 Å². The van der Waals surface area contributed by atoms with Crippen LogP contribution in [-0.4, -0.2) is 54.2 Å². The number of hydrogen-bond donors (Lipinski definition) is 2. The Balaban J connectivity index is 1.90. The summed E-state index contributed by atoms with van der Waals surface area (Å²) in [6, 6.07) is -0.252. The summed E-state index contributed by atoms with van der Waals surface area (Å²) >= 11 is 0. The van der Waals surface area contributed by atoms with E-state index < -0.39 is 11.4 Å². The van der Waals surface area contributed by atoms with E-state index >= 15 is 0 Å². The van der Waals surface area contributed by atoms with E-state index in [1.54, 1.807) is 0 Å². The Morgan fingerprint density at radius 2 is 2.26 bits per heavy atom. The Morgan fingerprint density at radius 1 is 1.53 bits per heavy atom. The first kappa shape index (κ1) is 14.3. The van der Waals surface area contributed by atoms with Crippen LogP contribution in [0.25, 0.3) is 0 Å². The molecule has 6 nitrogen and oxygen atoms in total. The van der Waals surface area contributed by atoms with Crippen molar-refractivity contribution in [1.82, 2.24) is 4.90 Å². The van der Waals surface area contributed by atoms with Gasteiger partial charge in [-0.25, -0.2) is 0 Å². The van der Waals surface area contributed by atoms with Gasteiger partial charge in [0, 0.05) is 25.6 Å². The molecule has 3 N–H and O–H groups in total. The SMILES string of the molecule is CC1(C(=O)N2CCC(CCC(=O)O)C2)COCC1N. The van der Waals surface area contributed by atoms with Gasteiger partial charge in [-0.3, -0.25) is 9.59 Å². The average Bonchev–Trinajstić information content (AvgIpc) is 2.95. The van der Waals surface area contributed by atoms with Crippen molar-refractivity contribution in [3.63, 3.8) is 0 Å².